The maximum Gasteiger partial charge on any atom is 0.407 e. The topological polar surface area (TPSA) is 76.1 Å². The Balaban J connectivity index is 1.57. The van der Waals surface area contributed by atoms with Crippen LogP contribution in [0.25, 0.3) is 11.3 Å². The van der Waals surface area contributed by atoms with Gasteiger partial charge in [-0.1, -0.05) is 0 Å². The molecule has 1 amide bonds. The van der Waals surface area contributed by atoms with E-state index in [1.165, 1.54) is 0 Å². The van der Waals surface area contributed by atoms with Gasteiger partial charge in [0.2, 0.25) is 0 Å². The van der Waals surface area contributed by atoms with Crippen LogP contribution in [0.1, 0.15) is 40.0 Å². The highest BCUT2D eigenvalue weighted by Gasteiger charge is 2.15. The number of hydrogen-bond donors (Lipinski definition) is 2. The van der Waals surface area contributed by atoms with Gasteiger partial charge in [0.15, 0.2) is 5.13 Å². The first-order valence-electron chi connectivity index (χ1n) is 8.51. The largest absolute Gasteiger partial charge is 0.444 e. The molecule has 0 saturated carbocycles. The van der Waals surface area contributed by atoms with Gasteiger partial charge in [0.1, 0.15) is 5.60 Å². The lowest BCUT2D eigenvalue weighted by molar-refractivity contribution is 0.0527. The molecule has 136 valence electrons. The standard InChI is InChI=1S/C18H26N4O2S/c1-18(2,3)24-17(23)21-10-6-4-5-9-20-16-22-15(13-25-16)14-7-11-19-12-8-14/h7-8,11-13H,4-6,9-10H2,1-3H3,(H,20,22)(H,21,23). The smallest absolute Gasteiger partial charge is 0.407 e. The second-order valence-corrected chi connectivity index (χ2v) is 7.55. The molecule has 2 N–H and O–H groups in total. The summed E-state index contributed by atoms with van der Waals surface area (Å²) in [4.78, 5) is 20.1. The molecule has 25 heavy (non-hydrogen) atoms. The van der Waals surface area contributed by atoms with Crippen LogP contribution in [0.3, 0.4) is 0 Å². The van der Waals surface area contributed by atoms with Gasteiger partial charge < -0.3 is 15.4 Å². The fourth-order valence-corrected chi connectivity index (χ4v) is 2.89. The molecular weight excluding hydrogens is 336 g/mol. The Kier molecular flexibility index (Phi) is 7.18. The quantitative estimate of drug-likeness (QED) is 0.684. The summed E-state index contributed by atoms with van der Waals surface area (Å²) in [7, 11) is 0. The third-order valence-electron chi connectivity index (χ3n) is 3.28. The number of nitrogens with zero attached hydrogens (tertiary/aromatic N) is 2. The van der Waals surface area contributed by atoms with Crippen molar-refractivity contribution in [3.05, 3.63) is 29.9 Å². The number of amides is 1. The van der Waals surface area contributed by atoms with Crippen molar-refractivity contribution in [1.82, 2.24) is 15.3 Å². The van der Waals surface area contributed by atoms with E-state index in [1.807, 2.05) is 38.3 Å². The predicted octanol–water partition coefficient (Wildman–Crippen LogP) is 4.31. The normalized spacial score (nSPS) is 11.2. The lowest BCUT2D eigenvalue weighted by Gasteiger charge is -2.19. The number of carbonyl (C=O) groups is 1. The van der Waals surface area contributed by atoms with E-state index < -0.39 is 5.60 Å². The second kappa shape index (κ2) is 9.36. The summed E-state index contributed by atoms with van der Waals surface area (Å²) in [5.74, 6) is 0. The molecule has 0 unspecified atom stereocenters. The first kappa shape index (κ1) is 19.2. The minimum absolute atomic E-state index is 0.350. The molecule has 7 heteroatoms. The van der Waals surface area contributed by atoms with Crippen molar-refractivity contribution in [2.45, 2.75) is 45.6 Å². The maximum absolute atomic E-state index is 11.5. The number of carbonyl (C=O) groups excluding carboxylic acids is 1. The Morgan fingerprint density at radius 1 is 1.16 bits per heavy atom. The zero-order valence-electron chi connectivity index (χ0n) is 15.0. The lowest BCUT2D eigenvalue weighted by atomic mass is 10.2. The Hall–Kier alpha value is -2.15. The van der Waals surface area contributed by atoms with Crippen LogP contribution in [0.15, 0.2) is 29.9 Å². The van der Waals surface area contributed by atoms with Crippen LogP contribution in [0.5, 0.6) is 0 Å². The molecular formula is C18H26N4O2S. The maximum atomic E-state index is 11.5. The van der Waals surface area contributed by atoms with Gasteiger partial charge in [0, 0.05) is 36.4 Å². The number of aromatic nitrogens is 2. The summed E-state index contributed by atoms with van der Waals surface area (Å²) >= 11 is 1.61. The van der Waals surface area contributed by atoms with Crippen molar-refractivity contribution in [1.29, 1.82) is 0 Å². The van der Waals surface area contributed by atoms with Gasteiger partial charge in [-0.05, 0) is 52.2 Å². The third kappa shape index (κ3) is 7.51. The van der Waals surface area contributed by atoms with Gasteiger partial charge in [-0.25, -0.2) is 9.78 Å². The van der Waals surface area contributed by atoms with E-state index in [9.17, 15) is 4.79 Å². The zero-order valence-corrected chi connectivity index (χ0v) is 15.9. The molecule has 0 aliphatic heterocycles. The minimum atomic E-state index is -0.448. The van der Waals surface area contributed by atoms with E-state index in [-0.39, 0.29) is 6.09 Å². The van der Waals surface area contributed by atoms with Gasteiger partial charge in [0.25, 0.3) is 0 Å². The Bertz CT molecular complexity index is 653. The molecule has 0 aliphatic rings. The highest BCUT2D eigenvalue weighted by Crippen LogP contribution is 2.24. The van der Waals surface area contributed by atoms with Crippen LogP contribution in [0.4, 0.5) is 9.93 Å². The zero-order chi connectivity index (χ0) is 18.1. The van der Waals surface area contributed by atoms with Crippen molar-refractivity contribution < 1.29 is 9.53 Å². The Labute approximate surface area is 153 Å². The summed E-state index contributed by atoms with van der Waals surface area (Å²) in [5.41, 5.74) is 1.60. The van der Waals surface area contributed by atoms with Crippen LogP contribution in [-0.2, 0) is 4.74 Å². The van der Waals surface area contributed by atoms with E-state index in [1.54, 1.807) is 23.7 Å². The van der Waals surface area contributed by atoms with Crippen molar-refractivity contribution >= 4 is 22.6 Å². The number of nitrogens with one attached hydrogen (secondary N) is 2. The minimum Gasteiger partial charge on any atom is -0.444 e. The summed E-state index contributed by atoms with van der Waals surface area (Å²) in [6.07, 6.45) is 6.18. The molecule has 2 aromatic rings. The van der Waals surface area contributed by atoms with Crippen molar-refractivity contribution in [2.75, 3.05) is 18.4 Å². The van der Waals surface area contributed by atoms with Crippen LogP contribution in [-0.4, -0.2) is 34.8 Å². The van der Waals surface area contributed by atoms with E-state index in [4.69, 9.17) is 4.74 Å². The fraction of sp³-hybridized carbons (Fsp3) is 0.500. The molecule has 0 saturated heterocycles. The van der Waals surface area contributed by atoms with Crippen molar-refractivity contribution in [2.24, 2.45) is 0 Å². The van der Waals surface area contributed by atoms with E-state index in [2.05, 4.69) is 20.6 Å². The summed E-state index contributed by atoms with van der Waals surface area (Å²) < 4.78 is 5.19. The van der Waals surface area contributed by atoms with Crippen molar-refractivity contribution in [3.63, 3.8) is 0 Å². The Morgan fingerprint density at radius 2 is 1.88 bits per heavy atom. The first-order chi connectivity index (χ1) is 11.9. The molecule has 2 heterocycles. The monoisotopic (exact) mass is 362 g/mol. The van der Waals surface area contributed by atoms with E-state index in [0.717, 1.165) is 42.2 Å². The molecule has 0 aromatic carbocycles. The summed E-state index contributed by atoms with van der Waals surface area (Å²) in [6.45, 7) is 7.08. The third-order valence-corrected chi connectivity index (χ3v) is 4.08. The van der Waals surface area contributed by atoms with Crippen LogP contribution in [0.2, 0.25) is 0 Å². The average molecular weight is 362 g/mol. The number of thiazole rings is 1. The predicted molar refractivity (Wildman–Crippen MR) is 102 cm³/mol. The van der Waals surface area contributed by atoms with E-state index >= 15 is 0 Å². The van der Waals surface area contributed by atoms with Gasteiger partial charge >= 0.3 is 6.09 Å². The molecule has 0 radical (unpaired) electrons. The van der Waals surface area contributed by atoms with Gasteiger partial charge in [-0.15, -0.1) is 11.3 Å². The highest BCUT2D eigenvalue weighted by molar-refractivity contribution is 7.14. The van der Waals surface area contributed by atoms with Crippen LogP contribution >= 0.6 is 11.3 Å². The number of ether oxygens (including phenoxy) is 1. The van der Waals surface area contributed by atoms with Crippen LogP contribution < -0.4 is 10.6 Å². The summed E-state index contributed by atoms with van der Waals surface area (Å²) in [6, 6.07) is 3.91. The molecule has 6 nitrogen and oxygen atoms in total. The van der Waals surface area contributed by atoms with Crippen LogP contribution in [0, 0.1) is 0 Å². The first-order valence-corrected chi connectivity index (χ1v) is 9.39. The van der Waals surface area contributed by atoms with Gasteiger partial charge in [-0.2, -0.15) is 0 Å². The Morgan fingerprint density at radius 3 is 2.60 bits per heavy atom. The highest BCUT2D eigenvalue weighted by atomic mass is 32.1. The number of rotatable bonds is 8. The molecule has 2 rings (SSSR count). The second-order valence-electron chi connectivity index (χ2n) is 6.69. The van der Waals surface area contributed by atoms with Crippen molar-refractivity contribution in [3.8, 4) is 11.3 Å². The molecule has 0 aliphatic carbocycles. The number of unbranched alkanes of at least 4 members (excludes halogenated alkanes) is 2. The molecule has 2 aromatic heterocycles. The number of anilines is 1. The fourth-order valence-electron chi connectivity index (χ4n) is 2.14. The SMILES string of the molecule is CC(C)(C)OC(=O)NCCCCCNc1nc(-c2ccncc2)cs1. The summed E-state index contributed by atoms with van der Waals surface area (Å²) in [5, 5.41) is 9.09. The number of alkyl carbamates (subject to hydrolysis) is 1. The molecule has 0 spiro atoms. The number of pyridine rings is 1. The van der Waals surface area contributed by atoms with Gasteiger partial charge in [0.05, 0.1) is 5.69 Å². The molecule has 0 fully saturated rings. The van der Waals surface area contributed by atoms with Gasteiger partial charge in [-0.3, -0.25) is 4.98 Å². The van der Waals surface area contributed by atoms with E-state index in [0.29, 0.717) is 6.54 Å². The lowest BCUT2D eigenvalue weighted by Crippen LogP contribution is -2.33. The average Bonchev–Trinajstić information content (AvgIpc) is 3.02. The number of hydrogen-bond acceptors (Lipinski definition) is 6. The molecule has 0 atom stereocenters. The molecule has 0 bridgehead atoms.